The summed E-state index contributed by atoms with van der Waals surface area (Å²) >= 11 is 1.93. The van der Waals surface area contributed by atoms with Gasteiger partial charge in [-0.2, -0.15) is 0 Å². The fourth-order valence-corrected chi connectivity index (χ4v) is 5.73. The van der Waals surface area contributed by atoms with Crippen LogP contribution in [0.2, 0.25) is 0 Å². The highest BCUT2D eigenvalue weighted by molar-refractivity contribution is 7.26. The van der Waals surface area contributed by atoms with Gasteiger partial charge in [0, 0.05) is 20.2 Å². The molecule has 0 atom stereocenters. The third-order valence-electron chi connectivity index (χ3n) is 5.52. The van der Waals surface area contributed by atoms with Crippen LogP contribution in [0.1, 0.15) is 0 Å². The van der Waals surface area contributed by atoms with Gasteiger partial charge in [0.2, 0.25) is 0 Å². The van der Waals surface area contributed by atoms with Crippen molar-refractivity contribution in [3.63, 3.8) is 0 Å². The normalized spacial score (nSPS) is 13.2. The molecule has 7 aromatic rings. The number of rotatable bonds is 0. The van der Waals surface area contributed by atoms with Crippen molar-refractivity contribution in [2.45, 2.75) is 0 Å². The molecule has 1 aromatic heterocycles. The fraction of sp³-hybridized carbons (Fsp3) is 0. The van der Waals surface area contributed by atoms with Crippen LogP contribution in [0.25, 0.3) is 63.3 Å². The van der Waals surface area contributed by atoms with Gasteiger partial charge < -0.3 is 0 Å². The minimum Gasteiger partial charge on any atom is -0.135 e. The molecule has 0 saturated carbocycles. The maximum absolute atomic E-state index is 2.30. The van der Waals surface area contributed by atoms with Gasteiger partial charge in [0.25, 0.3) is 0 Å². The molecule has 0 saturated heterocycles. The lowest BCUT2D eigenvalue weighted by atomic mass is 9.86. The zero-order valence-corrected chi connectivity index (χ0v) is 13.0. The smallest absolute Gasteiger partial charge is 0.0362 e. The van der Waals surface area contributed by atoms with Gasteiger partial charge in [-0.1, -0.05) is 48.5 Å². The highest BCUT2D eigenvalue weighted by atomic mass is 32.1. The second kappa shape index (κ2) is 3.32. The first-order valence-corrected chi connectivity index (χ1v) is 8.78. The second-order valence-corrected chi connectivity index (χ2v) is 7.65. The summed E-state index contributed by atoms with van der Waals surface area (Å²) in [7, 11) is 0. The lowest BCUT2D eigenvalue weighted by Gasteiger charge is -2.16. The van der Waals surface area contributed by atoms with Crippen molar-refractivity contribution in [2.75, 3.05) is 0 Å². The predicted octanol–water partition coefficient (Wildman–Crippen LogP) is 6.98. The summed E-state index contributed by atoms with van der Waals surface area (Å²) in [6.45, 7) is 0. The van der Waals surface area contributed by atoms with Gasteiger partial charge in [-0.05, 0) is 55.2 Å². The number of thiophene rings is 1. The summed E-state index contributed by atoms with van der Waals surface area (Å²) in [5.74, 6) is 0. The maximum atomic E-state index is 2.30. The fourth-order valence-electron chi connectivity index (χ4n) is 4.61. The van der Waals surface area contributed by atoms with E-state index < -0.39 is 0 Å². The zero-order chi connectivity index (χ0) is 14.7. The Morgan fingerprint density at radius 1 is 0.348 bits per heavy atom. The van der Waals surface area contributed by atoms with E-state index in [0.717, 1.165) is 0 Å². The van der Waals surface area contributed by atoms with Crippen LogP contribution in [-0.2, 0) is 0 Å². The monoisotopic (exact) mass is 306 g/mol. The summed E-state index contributed by atoms with van der Waals surface area (Å²) in [6, 6.07) is 22.8. The number of hydrogen-bond donors (Lipinski definition) is 0. The second-order valence-electron chi connectivity index (χ2n) is 6.57. The van der Waals surface area contributed by atoms with Gasteiger partial charge in [0.05, 0.1) is 0 Å². The molecule has 1 heteroatoms. The minimum atomic E-state index is 1.36. The van der Waals surface area contributed by atoms with Crippen LogP contribution in [0.3, 0.4) is 0 Å². The Kier molecular flexibility index (Phi) is 1.58. The SMILES string of the molecule is c1cc2ccc3ccc4sc5ccc6ccc1c1c2c3c4c5c61. The van der Waals surface area contributed by atoms with E-state index in [9.17, 15) is 0 Å². The topological polar surface area (TPSA) is 0 Å². The molecule has 0 bridgehead atoms. The first-order valence-electron chi connectivity index (χ1n) is 7.96. The molecule has 0 aliphatic heterocycles. The molecule has 0 nitrogen and oxygen atoms in total. The van der Waals surface area contributed by atoms with Crippen molar-refractivity contribution in [3.8, 4) is 0 Å². The molecule has 0 N–H and O–H groups in total. The highest BCUT2D eigenvalue weighted by Gasteiger charge is 2.20. The lowest BCUT2D eigenvalue weighted by Crippen LogP contribution is -1.88. The molecule has 6 aromatic carbocycles. The molecular weight excluding hydrogens is 296 g/mol. The maximum Gasteiger partial charge on any atom is 0.0362 e. The van der Waals surface area contributed by atoms with E-state index in [4.69, 9.17) is 0 Å². The van der Waals surface area contributed by atoms with Crippen LogP contribution in [-0.4, -0.2) is 0 Å². The molecule has 0 spiro atoms. The van der Waals surface area contributed by atoms with E-state index >= 15 is 0 Å². The Labute approximate surface area is 135 Å². The average Bonchev–Trinajstić information content (AvgIpc) is 2.99. The summed E-state index contributed by atoms with van der Waals surface area (Å²) in [6.07, 6.45) is 0. The van der Waals surface area contributed by atoms with Gasteiger partial charge in [0.1, 0.15) is 0 Å². The Morgan fingerprint density at radius 2 is 0.652 bits per heavy atom. The van der Waals surface area contributed by atoms with Crippen LogP contribution in [0, 0.1) is 0 Å². The van der Waals surface area contributed by atoms with Crippen molar-refractivity contribution in [3.05, 3.63) is 60.7 Å². The van der Waals surface area contributed by atoms with Gasteiger partial charge in [-0.15, -0.1) is 11.3 Å². The molecule has 0 fully saturated rings. The van der Waals surface area contributed by atoms with Crippen molar-refractivity contribution in [2.24, 2.45) is 0 Å². The van der Waals surface area contributed by atoms with E-state index in [1.165, 1.54) is 63.3 Å². The lowest BCUT2D eigenvalue weighted by molar-refractivity contribution is 1.84. The predicted molar refractivity (Wildman–Crippen MR) is 103 cm³/mol. The number of benzene rings is 6. The van der Waals surface area contributed by atoms with Crippen LogP contribution in [0.4, 0.5) is 0 Å². The first kappa shape index (κ1) is 11.0. The average molecular weight is 306 g/mol. The summed E-state index contributed by atoms with van der Waals surface area (Å²) in [5.41, 5.74) is 0. The highest BCUT2D eigenvalue weighted by Crippen LogP contribution is 2.50. The standard InChI is InChI=1S/C22H10S/c1-2-12-4-6-14-8-10-16-22-20(14)18(12)17-11(1)3-5-13-7-9-15(23-16)21(22)19(13)17/h1-10H. The van der Waals surface area contributed by atoms with Gasteiger partial charge in [-0.3, -0.25) is 0 Å². The first-order chi connectivity index (χ1) is 11.4. The summed E-state index contributed by atoms with van der Waals surface area (Å²) in [4.78, 5) is 0. The zero-order valence-electron chi connectivity index (χ0n) is 12.2. The van der Waals surface area contributed by atoms with Crippen molar-refractivity contribution >= 4 is 74.6 Å². The molecule has 104 valence electrons. The molecular formula is C22H10S. The molecule has 0 unspecified atom stereocenters. The minimum absolute atomic E-state index is 1.36. The van der Waals surface area contributed by atoms with Crippen LogP contribution in [0.15, 0.2) is 60.7 Å². The molecule has 23 heavy (non-hydrogen) atoms. The molecule has 1 heterocycles. The van der Waals surface area contributed by atoms with Crippen molar-refractivity contribution in [1.29, 1.82) is 0 Å². The van der Waals surface area contributed by atoms with Crippen molar-refractivity contribution in [1.82, 2.24) is 0 Å². The third-order valence-corrected chi connectivity index (χ3v) is 6.64. The molecule has 0 aliphatic rings. The van der Waals surface area contributed by atoms with E-state index in [0.29, 0.717) is 0 Å². The van der Waals surface area contributed by atoms with E-state index in [2.05, 4.69) is 60.7 Å². The van der Waals surface area contributed by atoms with Gasteiger partial charge in [0.15, 0.2) is 0 Å². The Balaban J connectivity index is 2.13. The van der Waals surface area contributed by atoms with E-state index in [1.54, 1.807) is 0 Å². The number of hydrogen-bond acceptors (Lipinski definition) is 1. The van der Waals surface area contributed by atoms with Crippen LogP contribution >= 0.6 is 11.3 Å². The Morgan fingerprint density at radius 3 is 1.04 bits per heavy atom. The summed E-state index contributed by atoms with van der Waals surface area (Å²) < 4.78 is 2.83. The molecule has 0 radical (unpaired) electrons. The Bertz CT molecular complexity index is 1360. The van der Waals surface area contributed by atoms with Crippen molar-refractivity contribution < 1.29 is 0 Å². The Hall–Kier alpha value is -2.64. The van der Waals surface area contributed by atoms with Gasteiger partial charge >= 0.3 is 0 Å². The van der Waals surface area contributed by atoms with E-state index in [-0.39, 0.29) is 0 Å². The third kappa shape index (κ3) is 1.06. The van der Waals surface area contributed by atoms with Gasteiger partial charge in [-0.25, -0.2) is 0 Å². The quantitative estimate of drug-likeness (QED) is 0.209. The van der Waals surface area contributed by atoms with Crippen LogP contribution < -0.4 is 0 Å². The molecule has 0 amide bonds. The largest absolute Gasteiger partial charge is 0.135 e. The van der Waals surface area contributed by atoms with E-state index in [1.807, 2.05) is 11.3 Å². The molecule has 7 rings (SSSR count). The summed E-state index contributed by atoms with van der Waals surface area (Å²) in [5, 5.41) is 14.2. The van der Waals surface area contributed by atoms with Crippen LogP contribution in [0.5, 0.6) is 0 Å². The molecule has 0 aliphatic carbocycles.